The molecule has 1 saturated heterocycles. The van der Waals surface area contributed by atoms with Crippen molar-refractivity contribution in [3.8, 4) is 0 Å². The van der Waals surface area contributed by atoms with Gasteiger partial charge in [-0.3, -0.25) is 0 Å². The van der Waals surface area contributed by atoms with Crippen LogP contribution in [0.4, 0.5) is 0 Å². The molecule has 1 heterocycles. The third kappa shape index (κ3) is 1.37. The summed E-state index contributed by atoms with van der Waals surface area (Å²) in [6, 6.07) is 0. The smallest absolute Gasteiger partial charge is 0.423 e. The Hall–Kier alpha value is -0.445. The van der Waals surface area contributed by atoms with Crippen molar-refractivity contribution >= 4 is 19.5 Å². The zero-order valence-electron chi connectivity index (χ0n) is 6.56. The summed E-state index contributed by atoms with van der Waals surface area (Å²) in [7, 11) is -0.759. The molecule has 5 heteroatoms. The zero-order valence-corrected chi connectivity index (χ0v) is 7.38. The molecule has 0 saturated carbocycles. The molecular weight excluding hydrogens is 176 g/mol. The van der Waals surface area contributed by atoms with Gasteiger partial charge < -0.3 is 15.4 Å². The van der Waals surface area contributed by atoms with Gasteiger partial charge in [-0.05, 0) is 18.0 Å². The molecule has 1 aliphatic heterocycles. The Bertz CT molecular complexity index is 242. The number of fused-ring (bicyclic) bond motifs is 1. The molecule has 1 fully saturated rings. The Kier molecular flexibility index (Phi) is 2.83. The predicted octanol–water partition coefficient (Wildman–Crippen LogP) is 0.247. The van der Waals surface area contributed by atoms with Crippen LogP contribution < -0.4 is 5.73 Å². The van der Waals surface area contributed by atoms with Crippen LogP contribution in [0.1, 0.15) is 6.42 Å². The molecule has 2 aliphatic rings. The summed E-state index contributed by atoms with van der Waals surface area (Å²) >= 11 is 0. The van der Waals surface area contributed by atoms with Crippen molar-refractivity contribution in [3.05, 3.63) is 23.3 Å². The van der Waals surface area contributed by atoms with E-state index in [1.54, 1.807) is 0 Å². The molecule has 1 unspecified atom stereocenters. The van der Waals surface area contributed by atoms with Crippen LogP contribution in [0.25, 0.3) is 0 Å². The van der Waals surface area contributed by atoms with Gasteiger partial charge in [-0.1, -0.05) is 6.08 Å². The van der Waals surface area contributed by atoms with E-state index in [0.29, 0.717) is 18.2 Å². The van der Waals surface area contributed by atoms with E-state index in [1.165, 1.54) is 0 Å². The van der Waals surface area contributed by atoms with Crippen LogP contribution in [0.3, 0.4) is 0 Å². The largest absolute Gasteiger partial charge is 0.489 e. The minimum absolute atomic E-state index is 0. The van der Waals surface area contributed by atoms with Gasteiger partial charge in [0.05, 0.1) is 0 Å². The molecule has 0 aromatic rings. The van der Waals surface area contributed by atoms with Crippen LogP contribution in [0, 0.1) is 5.92 Å². The van der Waals surface area contributed by atoms with Crippen LogP contribution in [0.15, 0.2) is 23.3 Å². The first kappa shape index (κ1) is 9.64. The number of hydrogen-bond acceptors (Lipinski definition) is 3. The zero-order chi connectivity index (χ0) is 7.84. The maximum atomic E-state index is 9.30. The summed E-state index contributed by atoms with van der Waals surface area (Å²) in [4.78, 5) is 0. The second kappa shape index (κ2) is 3.52. The maximum absolute atomic E-state index is 9.30. The van der Waals surface area contributed by atoms with E-state index in [0.717, 1.165) is 11.9 Å². The molecule has 1 aliphatic carbocycles. The van der Waals surface area contributed by atoms with Crippen molar-refractivity contribution in [2.24, 2.45) is 11.7 Å². The van der Waals surface area contributed by atoms with Crippen molar-refractivity contribution in [2.45, 2.75) is 6.42 Å². The second-order valence-corrected chi connectivity index (χ2v) is 2.93. The van der Waals surface area contributed by atoms with Crippen LogP contribution >= 0.6 is 12.4 Å². The molecule has 1 atom stereocenters. The molecule has 66 valence electrons. The lowest BCUT2D eigenvalue weighted by atomic mass is 9.71. The topological polar surface area (TPSA) is 55.5 Å². The highest BCUT2D eigenvalue weighted by Crippen LogP contribution is 2.30. The first-order valence-corrected chi connectivity index (χ1v) is 3.75. The van der Waals surface area contributed by atoms with Gasteiger partial charge in [-0.25, -0.2) is 0 Å². The molecule has 2 rings (SSSR count). The minimum atomic E-state index is -0.759. The lowest BCUT2D eigenvalue weighted by molar-refractivity contribution is 0.275. The van der Waals surface area contributed by atoms with Gasteiger partial charge in [0.25, 0.3) is 0 Å². The monoisotopic (exact) mass is 187 g/mol. The third-order valence-corrected chi connectivity index (χ3v) is 2.21. The molecule has 12 heavy (non-hydrogen) atoms. The van der Waals surface area contributed by atoms with E-state index in [4.69, 9.17) is 10.4 Å². The Morgan fingerprint density at radius 1 is 1.67 bits per heavy atom. The van der Waals surface area contributed by atoms with Gasteiger partial charge in [0.15, 0.2) is 0 Å². The van der Waals surface area contributed by atoms with Crippen molar-refractivity contribution in [1.29, 1.82) is 0 Å². The van der Waals surface area contributed by atoms with Crippen molar-refractivity contribution in [1.82, 2.24) is 0 Å². The fourth-order valence-electron chi connectivity index (χ4n) is 1.62. The lowest BCUT2D eigenvalue weighted by Gasteiger charge is -2.13. The van der Waals surface area contributed by atoms with Crippen LogP contribution in [0.5, 0.6) is 0 Å². The summed E-state index contributed by atoms with van der Waals surface area (Å²) in [5.74, 6) is 0.315. The van der Waals surface area contributed by atoms with E-state index in [1.807, 2.05) is 12.2 Å². The summed E-state index contributed by atoms with van der Waals surface area (Å²) in [6.45, 7) is 0.599. The van der Waals surface area contributed by atoms with E-state index in [-0.39, 0.29) is 12.4 Å². The highest BCUT2D eigenvalue weighted by atomic mass is 35.5. The lowest BCUT2D eigenvalue weighted by Crippen LogP contribution is -2.20. The second-order valence-electron chi connectivity index (χ2n) is 2.93. The van der Waals surface area contributed by atoms with Crippen molar-refractivity contribution in [3.63, 3.8) is 0 Å². The Labute approximate surface area is 77.8 Å². The van der Waals surface area contributed by atoms with Gasteiger partial charge in [0.2, 0.25) is 0 Å². The highest BCUT2D eigenvalue weighted by Gasteiger charge is 2.37. The Balaban J connectivity index is 0.000000720. The SMILES string of the molecule is Cl.NC1=C2B(O)OCC2CC=C1. The third-order valence-electron chi connectivity index (χ3n) is 2.21. The molecule has 3 nitrogen and oxygen atoms in total. The first-order chi connectivity index (χ1) is 5.29. The molecular formula is C7H11BClNO2. The highest BCUT2D eigenvalue weighted by molar-refractivity contribution is 6.53. The van der Waals surface area contributed by atoms with Crippen molar-refractivity contribution in [2.75, 3.05) is 6.61 Å². The molecule has 0 bridgehead atoms. The molecule has 3 N–H and O–H groups in total. The Morgan fingerprint density at radius 3 is 3.08 bits per heavy atom. The van der Waals surface area contributed by atoms with Gasteiger partial charge in [0, 0.05) is 18.2 Å². The van der Waals surface area contributed by atoms with Crippen LogP contribution in [-0.2, 0) is 4.65 Å². The Morgan fingerprint density at radius 2 is 2.42 bits per heavy atom. The number of halogens is 1. The maximum Gasteiger partial charge on any atom is 0.489 e. The molecule has 0 amide bonds. The van der Waals surface area contributed by atoms with E-state index < -0.39 is 7.12 Å². The fraction of sp³-hybridized carbons (Fsp3) is 0.429. The standard InChI is InChI=1S/C7H10BNO2.ClH/c9-6-3-1-2-5-4-11-8(10)7(5)6;/h1,3,5,10H,2,4,9H2;1H. The summed E-state index contributed by atoms with van der Waals surface area (Å²) in [5.41, 5.74) is 7.20. The average molecular weight is 187 g/mol. The molecule has 0 aromatic carbocycles. The number of rotatable bonds is 0. The summed E-state index contributed by atoms with van der Waals surface area (Å²) in [5, 5.41) is 9.30. The number of hydrogen-bond donors (Lipinski definition) is 2. The number of allylic oxidation sites excluding steroid dienone is 2. The quantitative estimate of drug-likeness (QED) is 0.535. The van der Waals surface area contributed by atoms with E-state index in [2.05, 4.69) is 0 Å². The summed E-state index contributed by atoms with van der Waals surface area (Å²) < 4.78 is 5.05. The van der Waals surface area contributed by atoms with Crippen LogP contribution in [-0.4, -0.2) is 18.7 Å². The molecule has 0 spiro atoms. The van der Waals surface area contributed by atoms with Gasteiger partial charge in [0.1, 0.15) is 0 Å². The molecule has 0 aromatic heterocycles. The van der Waals surface area contributed by atoms with Crippen LogP contribution in [0.2, 0.25) is 0 Å². The normalized spacial score (nSPS) is 27.1. The number of nitrogens with two attached hydrogens (primary N) is 1. The fourth-order valence-corrected chi connectivity index (χ4v) is 1.62. The average Bonchev–Trinajstić information content (AvgIpc) is 2.34. The minimum Gasteiger partial charge on any atom is -0.423 e. The molecule has 0 radical (unpaired) electrons. The summed E-state index contributed by atoms with van der Waals surface area (Å²) in [6.07, 6.45) is 4.79. The van der Waals surface area contributed by atoms with Crippen molar-refractivity contribution < 1.29 is 9.68 Å². The van der Waals surface area contributed by atoms with Gasteiger partial charge in [-0.2, -0.15) is 0 Å². The first-order valence-electron chi connectivity index (χ1n) is 3.75. The van der Waals surface area contributed by atoms with E-state index in [9.17, 15) is 5.02 Å². The van der Waals surface area contributed by atoms with Gasteiger partial charge in [-0.15, -0.1) is 12.4 Å². The van der Waals surface area contributed by atoms with E-state index >= 15 is 0 Å². The van der Waals surface area contributed by atoms with Gasteiger partial charge >= 0.3 is 7.12 Å². The predicted molar refractivity (Wildman–Crippen MR) is 49.6 cm³/mol.